The molecule has 19 heavy (non-hydrogen) atoms. The summed E-state index contributed by atoms with van der Waals surface area (Å²) in [6, 6.07) is 0. The second-order valence-corrected chi connectivity index (χ2v) is 4.93. The van der Waals surface area contributed by atoms with Crippen LogP contribution in [0.15, 0.2) is 0 Å². The monoisotopic (exact) mass is 284 g/mol. The van der Waals surface area contributed by atoms with E-state index in [-0.39, 0.29) is 0 Å². The number of alkyl halides is 1. The molecule has 0 spiro atoms. The number of imidazole rings is 1. The van der Waals surface area contributed by atoms with Crippen LogP contribution < -0.4 is 0 Å². The first kappa shape index (κ1) is 14.3. The number of nitrogens with zero attached hydrogens (tertiary/aromatic N) is 4. The molecule has 2 aromatic rings. The maximum atomic E-state index is 5.87. The van der Waals surface area contributed by atoms with E-state index in [1.807, 2.05) is 25.6 Å². The SMILES string of the molecule is CCOCCCn1c(CCCl)nc2c(C)nn(C)c21. The Morgan fingerprint density at radius 1 is 1.37 bits per heavy atom. The normalized spacial score (nSPS) is 11.6. The standard InChI is InChI=1S/C13H21ClN4O/c1-4-19-9-5-8-18-11(6-7-14)15-12-10(2)16-17(3)13(12)18/h4-9H2,1-3H3. The first-order valence-corrected chi connectivity index (χ1v) is 7.24. The topological polar surface area (TPSA) is 44.9 Å². The highest BCUT2D eigenvalue weighted by Gasteiger charge is 2.16. The highest BCUT2D eigenvalue weighted by molar-refractivity contribution is 6.17. The van der Waals surface area contributed by atoms with E-state index in [4.69, 9.17) is 16.3 Å². The Morgan fingerprint density at radius 2 is 2.16 bits per heavy atom. The number of hydrogen-bond acceptors (Lipinski definition) is 3. The molecule has 2 rings (SSSR count). The quantitative estimate of drug-likeness (QED) is 0.579. The molecule has 0 unspecified atom stereocenters. The lowest BCUT2D eigenvalue weighted by Crippen LogP contribution is -2.10. The molecule has 0 radical (unpaired) electrons. The molecule has 0 amide bonds. The molecule has 0 atom stereocenters. The van der Waals surface area contributed by atoms with Gasteiger partial charge in [0.15, 0.2) is 5.65 Å². The van der Waals surface area contributed by atoms with E-state index in [2.05, 4.69) is 14.6 Å². The van der Waals surface area contributed by atoms with Crippen molar-refractivity contribution in [3.63, 3.8) is 0 Å². The summed E-state index contributed by atoms with van der Waals surface area (Å²) in [5.41, 5.74) is 3.03. The van der Waals surface area contributed by atoms with Crippen LogP contribution in [0.2, 0.25) is 0 Å². The summed E-state index contributed by atoms with van der Waals surface area (Å²) in [4.78, 5) is 4.68. The van der Waals surface area contributed by atoms with Crippen LogP contribution in [-0.4, -0.2) is 38.4 Å². The lowest BCUT2D eigenvalue weighted by molar-refractivity contribution is 0.141. The van der Waals surface area contributed by atoms with Crippen LogP contribution in [0.25, 0.3) is 11.2 Å². The third-order valence-electron chi connectivity index (χ3n) is 3.16. The smallest absolute Gasteiger partial charge is 0.158 e. The number of aryl methyl sites for hydroxylation is 4. The van der Waals surface area contributed by atoms with Gasteiger partial charge in [0.1, 0.15) is 11.3 Å². The zero-order valence-corrected chi connectivity index (χ0v) is 12.6. The molecule has 2 heterocycles. The molecule has 0 bridgehead atoms. The van der Waals surface area contributed by atoms with Gasteiger partial charge in [-0.05, 0) is 20.3 Å². The zero-order valence-electron chi connectivity index (χ0n) is 11.8. The number of hydrogen-bond donors (Lipinski definition) is 0. The van der Waals surface area contributed by atoms with E-state index in [1.165, 1.54) is 0 Å². The minimum absolute atomic E-state index is 0.585. The second kappa shape index (κ2) is 6.39. The van der Waals surface area contributed by atoms with E-state index >= 15 is 0 Å². The summed E-state index contributed by atoms with van der Waals surface area (Å²) in [5.74, 6) is 1.62. The fraction of sp³-hybridized carbons (Fsp3) is 0.692. The van der Waals surface area contributed by atoms with E-state index in [0.717, 1.165) is 55.3 Å². The van der Waals surface area contributed by atoms with Gasteiger partial charge in [-0.3, -0.25) is 4.68 Å². The third-order valence-corrected chi connectivity index (χ3v) is 3.35. The van der Waals surface area contributed by atoms with Crippen molar-refractivity contribution in [2.24, 2.45) is 7.05 Å². The summed E-state index contributed by atoms with van der Waals surface area (Å²) >= 11 is 5.87. The fourth-order valence-corrected chi connectivity index (χ4v) is 2.53. The van der Waals surface area contributed by atoms with Gasteiger partial charge >= 0.3 is 0 Å². The summed E-state index contributed by atoms with van der Waals surface area (Å²) in [6.07, 6.45) is 1.75. The fourth-order valence-electron chi connectivity index (χ4n) is 2.36. The van der Waals surface area contributed by atoms with E-state index in [9.17, 15) is 0 Å². The van der Waals surface area contributed by atoms with Gasteiger partial charge in [0.25, 0.3) is 0 Å². The van der Waals surface area contributed by atoms with Crippen molar-refractivity contribution in [2.75, 3.05) is 19.1 Å². The molecule has 6 heteroatoms. The summed E-state index contributed by atoms with van der Waals surface area (Å²) in [7, 11) is 1.96. The van der Waals surface area contributed by atoms with Gasteiger partial charge < -0.3 is 9.30 Å². The molecule has 0 saturated heterocycles. The van der Waals surface area contributed by atoms with Gasteiger partial charge in [-0.1, -0.05) is 0 Å². The Morgan fingerprint density at radius 3 is 2.84 bits per heavy atom. The Bertz CT molecular complexity index is 546. The van der Waals surface area contributed by atoms with Crippen LogP contribution in [0, 0.1) is 6.92 Å². The van der Waals surface area contributed by atoms with Gasteiger partial charge in [-0.25, -0.2) is 4.98 Å². The van der Waals surface area contributed by atoms with Crippen molar-refractivity contribution < 1.29 is 4.74 Å². The van der Waals surface area contributed by atoms with E-state index < -0.39 is 0 Å². The lowest BCUT2D eigenvalue weighted by atomic mass is 10.4. The first-order valence-electron chi connectivity index (χ1n) is 6.71. The van der Waals surface area contributed by atoms with Crippen molar-refractivity contribution in [3.8, 4) is 0 Å². The predicted molar refractivity (Wildman–Crippen MR) is 76.8 cm³/mol. The Labute approximate surface area is 118 Å². The van der Waals surface area contributed by atoms with E-state index in [0.29, 0.717) is 5.88 Å². The molecule has 0 aliphatic heterocycles. The largest absolute Gasteiger partial charge is 0.382 e. The van der Waals surface area contributed by atoms with Crippen LogP contribution in [0.4, 0.5) is 0 Å². The van der Waals surface area contributed by atoms with Crippen LogP contribution in [0.1, 0.15) is 24.9 Å². The van der Waals surface area contributed by atoms with Gasteiger partial charge in [-0.15, -0.1) is 11.6 Å². The van der Waals surface area contributed by atoms with Gasteiger partial charge in [-0.2, -0.15) is 5.10 Å². The van der Waals surface area contributed by atoms with Gasteiger partial charge in [0, 0.05) is 39.1 Å². The Balaban J connectivity index is 2.28. The van der Waals surface area contributed by atoms with Crippen molar-refractivity contribution in [1.82, 2.24) is 19.3 Å². The zero-order chi connectivity index (χ0) is 13.8. The van der Waals surface area contributed by atoms with Gasteiger partial charge in [0.05, 0.1) is 5.69 Å². The average molecular weight is 285 g/mol. The van der Waals surface area contributed by atoms with Crippen LogP contribution >= 0.6 is 11.6 Å². The molecule has 0 fully saturated rings. The second-order valence-electron chi connectivity index (χ2n) is 4.55. The molecular weight excluding hydrogens is 264 g/mol. The van der Waals surface area contributed by atoms with Crippen molar-refractivity contribution in [1.29, 1.82) is 0 Å². The lowest BCUT2D eigenvalue weighted by Gasteiger charge is -2.09. The Hall–Kier alpha value is -1.07. The Kier molecular flexibility index (Phi) is 4.82. The highest BCUT2D eigenvalue weighted by atomic mass is 35.5. The average Bonchev–Trinajstić information content (AvgIpc) is 2.86. The number of fused-ring (bicyclic) bond motifs is 1. The van der Waals surface area contributed by atoms with Crippen LogP contribution in [0.3, 0.4) is 0 Å². The van der Waals surface area contributed by atoms with Crippen LogP contribution in [0.5, 0.6) is 0 Å². The predicted octanol–water partition coefficient (Wildman–Crippen LogP) is 2.29. The molecule has 0 aliphatic rings. The maximum Gasteiger partial charge on any atom is 0.158 e. The number of halogens is 1. The van der Waals surface area contributed by atoms with Crippen LogP contribution in [-0.2, 0) is 24.8 Å². The third kappa shape index (κ3) is 2.92. The minimum atomic E-state index is 0.585. The molecule has 0 N–H and O–H groups in total. The maximum absolute atomic E-state index is 5.87. The van der Waals surface area contributed by atoms with Crippen molar-refractivity contribution in [2.45, 2.75) is 33.2 Å². The molecular formula is C13H21ClN4O. The molecule has 0 saturated carbocycles. The number of aromatic nitrogens is 4. The number of rotatable bonds is 7. The molecule has 2 aromatic heterocycles. The molecule has 0 aromatic carbocycles. The minimum Gasteiger partial charge on any atom is -0.382 e. The highest BCUT2D eigenvalue weighted by Crippen LogP contribution is 2.20. The molecule has 0 aliphatic carbocycles. The number of ether oxygens (including phenoxy) is 1. The molecule has 5 nitrogen and oxygen atoms in total. The summed E-state index contributed by atoms with van der Waals surface area (Å²) in [6.45, 7) is 6.43. The van der Waals surface area contributed by atoms with E-state index in [1.54, 1.807) is 0 Å². The molecule has 106 valence electrons. The summed E-state index contributed by atoms with van der Waals surface area (Å²) in [5, 5.41) is 4.43. The summed E-state index contributed by atoms with van der Waals surface area (Å²) < 4.78 is 9.51. The van der Waals surface area contributed by atoms with Crippen molar-refractivity contribution >= 4 is 22.8 Å². The first-order chi connectivity index (χ1) is 9.19. The van der Waals surface area contributed by atoms with Crippen molar-refractivity contribution in [3.05, 3.63) is 11.5 Å². The van der Waals surface area contributed by atoms with Gasteiger partial charge in [0.2, 0.25) is 0 Å².